The van der Waals surface area contributed by atoms with Crippen LogP contribution in [0.4, 0.5) is 0 Å². The minimum atomic E-state index is -0.0358. The summed E-state index contributed by atoms with van der Waals surface area (Å²) in [5, 5.41) is 11.8. The van der Waals surface area contributed by atoms with Crippen LogP contribution in [0.5, 0.6) is 0 Å². The van der Waals surface area contributed by atoms with Gasteiger partial charge in [0.25, 0.3) is 0 Å². The number of benzene rings is 1. The van der Waals surface area contributed by atoms with E-state index in [-0.39, 0.29) is 11.5 Å². The molecule has 0 fully saturated rings. The van der Waals surface area contributed by atoms with Crippen molar-refractivity contribution in [3.8, 4) is 6.07 Å². The average molecular weight is 262 g/mol. The van der Waals surface area contributed by atoms with E-state index in [1.54, 1.807) is 0 Å². The third-order valence-corrected chi connectivity index (χ3v) is 3.95. The van der Waals surface area contributed by atoms with E-state index in [1.165, 1.54) is 10.5 Å². The second-order valence-electron chi connectivity index (χ2n) is 5.38. The molecule has 0 aromatic heterocycles. The quantitative estimate of drug-likeness (QED) is 0.824. The van der Waals surface area contributed by atoms with Crippen LogP contribution in [0.25, 0.3) is 0 Å². The third-order valence-electron chi connectivity index (χ3n) is 2.90. The van der Waals surface area contributed by atoms with Crippen LogP contribution in [0.15, 0.2) is 29.2 Å². The lowest BCUT2D eigenvalue weighted by Crippen LogP contribution is -2.23. The molecule has 0 spiro atoms. The molecule has 0 radical (unpaired) electrons. The van der Waals surface area contributed by atoms with Gasteiger partial charge in [-0.1, -0.05) is 32.9 Å². The lowest BCUT2D eigenvalue weighted by atomic mass is 9.87. The Hall–Kier alpha value is -0.980. The van der Waals surface area contributed by atoms with Crippen molar-refractivity contribution in [2.75, 3.05) is 12.8 Å². The first-order chi connectivity index (χ1) is 8.47. The van der Waals surface area contributed by atoms with Gasteiger partial charge in [-0.15, -0.1) is 11.8 Å². The van der Waals surface area contributed by atoms with Gasteiger partial charge < -0.3 is 5.32 Å². The Morgan fingerprint density at radius 1 is 1.28 bits per heavy atom. The molecule has 0 aliphatic carbocycles. The van der Waals surface area contributed by atoms with Gasteiger partial charge in [-0.05, 0) is 36.6 Å². The van der Waals surface area contributed by atoms with Gasteiger partial charge in [0.05, 0.1) is 12.1 Å². The Bertz CT molecular complexity index is 398. The monoisotopic (exact) mass is 262 g/mol. The van der Waals surface area contributed by atoms with E-state index >= 15 is 0 Å². The minimum Gasteiger partial charge on any atom is -0.305 e. The van der Waals surface area contributed by atoms with Crippen LogP contribution in [-0.4, -0.2) is 18.8 Å². The second-order valence-corrected chi connectivity index (χ2v) is 6.55. The normalized spacial score (nSPS) is 13.1. The molecule has 1 unspecified atom stereocenters. The van der Waals surface area contributed by atoms with Gasteiger partial charge in [-0.3, -0.25) is 0 Å². The summed E-state index contributed by atoms with van der Waals surface area (Å²) in [6.07, 6.45) is 0.874. The summed E-state index contributed by atoms with van der Waals surface area (Å²) in [5.74, 6) is 0.966. The van der Waals surface area contributed by atoms with Crippen molar-refractivity contribution in [2.45, 2.75) is 43.5 Å². The van der Waals surface area contributed by atoms with Gasteiger partial charge >= 0.3 is 0 Å². The molecule has 18 heavy (non-hydrogen) atoms. The van der Waals surface area contributed by atoms with Gasteiger partial charge in [-0.2, -0.15) is 5.26 Å². The Labute approximate surface area is 115 Å². The molecule has 1 aromatic rings. The van der Waals surface area contributed by atoms with Gasteiger partial charge in [0.15, 0.2) is 0 Å². The van der Waals surface area contributed by atoms with Crippen LogP contribution in [0.2, 0.25) is 0 Å². The number of rotatable bonds is 5. The summed E-state index contributed by atoms with van der Waals surface area (Å²) < 4.78 is 0. The minimum absolute atomic E-state index is 0.0358. The third kappa shape index (κ3) is 4.72. The Morgan fingerprint density at radius 3 is 2.33 bits per heavy atom. The highest BCUT2D eigenvalue weighted by Crippen LogP contribution is 2.26. The highest BCUT2D eigenvalue weighted by molar-refractivity contribution is 7.99. The molecule has 0 bridgehead atoms. The molecular formula is C15H22N2S. The fourth-order valence-corrected chi connectivity index (χ4v) is 2.54. The Kier molecular flexibility index (Phi) is 5.71. The van der Waals surface area contributed by atoms with E-state index in [0.29, 0.717) is 0 Å². The summed E-state index contributed by atoms with van der Waals surface area (Å²) in [6, 6.07) is 10.9. The molecule has 98 valence electrons. The standard InChI is InChI=1S/C15H22N2S/c1-15(2,3)12-5-7-14(8-6-12)18-10-9-13(11-16)17-4/h5-8,13,17H,9-10H2,1-4H3. The molecule has 1 aromatic carbocycles. The maximum atomic E-state index is 8.83. The van der Waals surface area contributed by atoms with Crippen LogP contribution in [0, 0.1) is 11.3 Å². The van der Waals surface area contributed by atoms with E-state index in [1.807, 2.05) is 18.8 Å². The van der Waals surface area contributed by atoms with Crippen molar-refractivity contribution in [2.24, 2.45) is 0 Å². The number of nitrogens with zero attached hydrogens (tertiary/aromatic N) is 1. The molecule has 1 atom stereocenters. The SMILES string of the molecule is CNC(C#N)CCSc1ccc(C(C)(C)C)cc1. The molecular weight excluding hydrogens is 240 g/mol. The highest BCUT2D eigenvalue weighted by atomic mass is 32.2. The Balaban J connectivity index is 2.48. The van der Waals surface area contributed by atoms with Crippen LogP contribution in [0.1, 0.15) is 32.8 Å². The van der Waals surface area contributed by atoms with Crippen LogP contribution < -0.4 is 5.32 Å². The molecule has 3 heteroatoms. The lowest BCUT2D eigenvalue weighted by molar-refractivity contribution is 0.590. The first kappa shape index (κ1) is 15.1. The maximum Gasteiger partial charge on any atom is 0.0958 e. The van der Waals surface area contributed by atoms with E-state index in [2.05, 4.69) is 56.4 Å². The molecule has 0 amide bonds. The predicted octanol–water partition coefficient (Wildman–Crippen LogP) is 3.58. The summed E-state index contributed by atoms with van der Waals surface area (Å²) >= 11 is 1.81. The highest BCUT2D eigenvalue weighted by Gasteiger charge is 2.12. The van der Waals surface area contributed by atoms with E-state index in [4.69, 9.17) is 5.26 Å². The predicted molar refractivity (Wildman–Crippen MR) is 78.9 cm³/mol. The maximum absolute atomic E-state index is 8.83. The van der Waals surface area contributed by atoms with Crippen molar-refractivity contribution in [1.82, 2.24) is 5.32 Å². The smallest absolute Gasteiger partial charge is 0.0958 e. The van der Waals surface area contributed by atoms with Crippen molar-refractivity contribution < 1.29 is 0 Å². The first-order valence-corrected chi connectivity index (χ1v) is 7.26. The summed E-state index contributed by atoms with van der Waals surface area (Å²) in [5.41, 5.74) is 1.57. The zero-order chi connectivity index (χ0) is 13.6. The summed E-state index contributed by atoms with van der Waals surface area (Å²) in [4.78, 5) is 1.27. The van der Waals surface area contributed by atoms with Crippen molar-refractivity contribution in [3.05, 3.63) is 29.8 Å². The molecule has 1 rings (SSSR count). The van der Waals surface area contributed by atoms with Gasteiger partial charge in [0.1, 0.15) is 0 Å². The largest absolute Gasteiger partial charge is 0.305 e. The van der Waals surface area contributed by atoms with Crippen molar-refractivity contribution in [3.63, 3.8) is 0 Å². The zero-order valence-corrected chi connectivity index (χ0v) is 12.5. The molecule has 0 aliphatic heterocycles. The molecule has 1 N–H and O–H groups in total. The number of hydrogen-bond donors (Lipinski definition) is 1. The molecule has 0 saturated heterocycles. The van der Waals surface area contributed by atoms with Crippen molar-refractivity contribution in [1.29, 1.82) is 5.26 Å². The van der Waals surface area contributed by atoms with Gasteiger partial charge in [-0.25, -0.2) is 0 Å². The van der Waals surface area contributed by atoms with Crippen molar-refractivity contribution >= 4 is 11.8 Å². The van der Waals surface area contributed by atoms with E-state index in [0.717, 1.165) is 12.2 Å². The summed E-state index contributed by atoms with van der Waals surface area (Å²) in [6.45, 7) is 6.67. The van der Waals surface area contributed by atoms with Gasteiger partial charge in [0.2, 0.25) is 0 Å². The average Bonchev–Trinajstić information content (AvgIpc) is 2.34. The molecule has 0 aliphatic rings. The van der Waals surface area contributed by atoms with Crippen LogP contribution in [-0.2, 0) is 5.41 Å². The van der Waals surface area contributed by atoms with Crippen LogP contribution in [0.3, 0.4) is 0 Å². The lowest BCUT2D eigenvalue weighted by Gasteiger charge is -2.19. The first-order valence-electron chi connectivity index (χ1n) is 6.27. The van der Waals surface area contributed by atoms with Crippen LogP contribution >= 0.6 is 11.8 Å². The topological polar surface area (TPSA) is 35.8 Å². The second kappa shape index (κ2) is 6.82. The van der Waals surface area contributed by atoms with E-state index < -0.39 is 0 Å². The Morgan fingerprint density at radius 2 is 1.89 bits per heavy atom. The number of thioether (sulfide) groups is 1. The number of hydrogen-bond acceptors (Lipinski definition) is 3. The molecule has 2 nitrogen and oxygen atoms in total. The fourth-order valence-electron chi connectivity index (χ4n) is 1.62. The summed E-state index contributed by atoms with van der Waals surface area (Å²) in [7, 11) is 1.83. The fraction of sp³-hybridized carbons (Fsp3) is 0.533. The number of nitrogens with one attached hydrogen (secondary N) is 1. The number of nitriles is 1. The zero-order valence-electron chi connectivity index (χ0n) is 11.7. The van der Waals surface area contributed by atoms with Gasteiger partial charge in [0, 0.05) is 10.6 Å². The molecule has 0 saturated carbocycles. The van der Waals surface area contributed by atoms with E-state index in [9.17, 15) is 0 Å². The molecule has 0 heterocycles.